The Balaban J connectivity index is 1.60. The lowest BCUT2D eigenvalue weighted by atomic mass is 10.2. The quantitative estimate of drug-likeness (QED) is 0.521. The first kappa shape index (κ1) is 18.0. The highest BCUT2D eigenvalue weighted by atomic mass is 32.2. The fourth-order valence-corrected chi connectivity index (χ4v) is 3.52. The van der Waals surface area contributed by atoms with E-state index in [0.29, 0.717) is 11.7 Å². The van der Waals surface area contributed by atoms with Gasteiger partial charge in [-0.25, -0.2) is 0 Å². The number of aromatic nitrogens is 3. The Bertz CT molecular complexity index is 682. The molecule has 0 atom stereocenters. The van der Waals surface area contributed by atoms with Gasteiger partial charge in [0.05, 0.1) is 12.3 Å². The Kier molecular flexibility index (Phi) is 6.50. The number of hydrogen-bond donors (Lipinski definition) is 1. The third-order valence-corrected chi connectivity index (χ3v) is 5.27. The summed E-state index contributed by atoms with van der Waals surface area (Å²) in [6.07, 6.45) is 5.74. The molecular weight excluding hydrogens is 332 g/mol. The minimum Gasteiger partial charge on any atom is -0.355 e. The van der Waals surface area contributed by atoms with Crippen LogP contribution >= 0.6 is 11.8 Å². The van der Waals surface area contributed by atoms with Crippen LogP contribution in [0, 0.1) is 0 Å². The van der Waals surface area contributed by atoms with Crippen LogP contribution in [-0.2, 0) is 11.3 Å². The molecule has 1 fully saturated rings. The molecule has 3 rings (SSSR count). The zero-order chi connectivity index (χ0) is 17.5. The first-order valence-corrected chi connectivity index (χ1v) is 10.1. The molecule has 134 valence electrons. The van der Waals surface area contributed by atoms with Gasteiger partial charge in [0.1, 0.15) is 5.82 Å². The van der Waals surface area contributed by atoms with Crippen LogP contribution in [0.2, 0.25) is 0 Å². The summed E-state index contributed by atoms with van der Waals surface area (Å²) in [7, 11) is 0. The molecule has 5 nitrogen and oxygen atoms in total. The molecule has 1 aromatic carbocycles. The van der Waals surface area contributed by atoms with E-state index in [2.05, 4.69) is 39.1 Å². The van der Waals surface area contributed by atoms with E-state index in [1.54, 1.807) is 0 Å². The predicted octanol–water partition coefficient (Wildman–Crippen LogP) is 3.60. The zero-order valence-electron chi connectivity index (χ0n) is 14.8. The maximum absolute atomic E-state index is 12.0. The minimum absolute atomic E-state index is 0.0725. The highest BCUT2D eigenvalue weighted by molar-refractivity contribution is 7.99. The Labute approximate surface area is 153 Å². The number of hydrogen-bond acceptors (Lipinski definition) is 4. The number of rotatable bonds is 10. The average Bonchev–Trinajstić information content (AvgIpc) is 3.40. The van der Waals surface area contributed by atoms with Crippen LogP contribution in [0.15, 0.2) is 35.5 Å². The number of thioether (sulfide) groups is 1. The van der Waals surface area contributed by atoms with Crippen LogP contribution in [0.4, 0.5) is 0 Å². The summed E-state index contributed by atoms with van der Waals surface area (Å²) in [6.45, 7) is 3.69. The van der Waals surface area contributed by atoms with Crippen molar-refractivity contribution in [3.63, 3.8) is 0 Å². The number of amides is 1. The van der Waals surface area contributed by atoms with Crippen molar-refractivity contribution >= 4 is 17.7 Å². The Hall–Kier alpha value is -1.82. The predicted molar refractivity (Wildman–Crippen MR) is 101 cm³/mol. The molecule has 0 aliphatic heterocycles. The number of carbonyl (C=O) groups excluding carboxylic acids is 1. The monoisotopic (exact) mass is 358 g/mol. The van der Waals surface area contributed by atoms with E-state index in [0.717, 1.165) is 43.3 Å². The highest BCUT2D eigenvalue weighted by Gasteiger charge is 2.30. The van der Waals surface area contributed by atoms with Crippen molar-refractivity contribution in [2.75, 3.05) is 12.3 Å². The van der Waals surface area contributed by atoms with Crippen LogP contribution in [0.5, 0.6) is 0 Å². The second-order valence-corrected chi connectivity index (χ2v) is 7.48. The fraction of sp³-hybridized carbons (Fsp3) is 0.526. The van der Waals surface area contributed by atoms with Crippen molar-refractivity contribution < 1.29 is 4.79 Å². The number of unbranched alkanes of at least 4 members (excludes halogenated alkanes) is 2. The van der Waals surface area contributed by atoms with E-state index in [1.165, 1.54) is 30.2 Å². The topological polar surface area (TPSA) is 59.8 Å². The van der Waals surface area contributed by atoms with Gasteiger partial charge in [-0.05, 0) is 24.8 Å². The number of nitrogens with zero attached hydrogens (tertiary/aromatic N) is 3. The van der Waals surface area contributed by atoms with Crippen molar-refractivity contribution in [2.45, 2.75) is 56.6 Å². The molecule has 1 N–H and O–H groups in total. The van der Waals surface area contributed by atoms with E-state index in [9.17, 15) is 4.79 Å². The van der Waals surface area contributed by atoms with E-state index in [1.807, 2.05) is 18.2 Å². The second kappa shape index (κ2) is 9.04. The summed E-state index contributed by atoms with van der Waals surface area (Å²) in [5.74, 6) is 2.07. The highest BCUT2D eigenvalue weighted by Crippen LogP contribution is 2.40. The summed E-state index contributed by atoms with van der Waals surface area (Å²) < 4.78 is 2.18. The van der Waals surface area contributed by atoms with Gasteiger partial charge in [-0.2, -0.15) is 0 Å². The summed E-state index contributed by atoms with van der Waals surface area (Å²) in [5.41, 5.74) is 1.23. The van der Waals surface area contributed by atoms with Gasteiger partial charge in [0.15, 0.2) is 5.16 Å². The van der Waals surface area contributed by atoms with E-state index < -0.39 is 0 Å². The van der Waals surface area contributed by atoms with Gasteiger partial charge < -0.3 is 9.88 Å². The maximum atomic E-state index is 12.0. The third-order valence-electron chi connectivity index (χ3n) is 4.31. The first-order valence-electron chi connectivity index (χ1n) is 9.14. The SMILES string of the molecule is CCCCCNC(=O)CSc1nnc(C2CC2)n1Cc1ccccc1. The zero-order valence-corrected chi connectivity index (χ0v) is 15.6. The second-order valence-electron chi connectivity index (χ2n) is 6.53. The molecule has 2 aromatic rings. The van der Waals surface area contributed by atoms with Gasteiger partial charge in [-0.1, -0.05) is 61.9 Å². The van der Waals surface area contributed by atoms with Gasteiger partial charge in [0.2, 0.25) is 5.91 Å². The maximum Gasteiger partial charge on any atom is 0.230 e. The molecule has 0 radical (unpaired) electrons. The Morgan fingerprint density at radius 2 is 2.04 bits per heavy atom. The standard InChI is InChI=1S/C19H26N4OS/c1-2-3-7-12-20-17(24)14-25-19-22-21-18(16-10-11-16)23(19)13-15-8-5-4-6-9-15/h4-6,8-9,16H,2-3,7,10-14H2,1H3,(H,20,24). The summed E-state index contributed by atoms with van der Waals surface area (Å²) >= 11 is 1.48. The molecular formula is C19H26N4OS. The van der Waals surface area contributed by atoms with Gasteiger partial charge >= 0.3 is 0 Å². The van der Waals surface area contributed by atoms with Crippen LogP contribution in [0.1, 0.15) is 56.3 Å². The van der Waals surface area contributed by atoms with Crippen LogP contribution in [0.25, 0.3) is 0 Å². The molecule has 1 saturated carbocycles. The molecule has 0 bridgehead atoms. The van der Waals surface area contributed by atoms with Crippen molar-refractivity contribution in [1.29, 1.82) is 0 Å². The van der Waals surface area contributed by atoms with Crippen LogP contribution in [0.3, 0.4) is 0 Å². The van der Waals surface area contributed by atoms with Crippen molar-refractivity contribution in [2.24, 2.45) is 0 Å². The third kappa shape index (κ3) is 5.33. The summed E-state index contributed by atoms with van der Waals surface area (Å²) in [5, 5.41) is 12.6. The number of carbonyl (C=O) groups is 1. The Morgan fingerprint density at radius 1 is 1.24 bits per heavy atom. The number of benzene rings is 1. The van der Waals surface area contributed by atoms with E-state index in [4.69, 9.17) is 0 Å². The lowest BCUT2D eigenvalue weighted by Gasteiger charge is -2.10. The van der Waals surface area contributed by atoms with Gasteiger partial charge in [0, 0.05) is 12.5 Å². The lowest BCUT2D eigenvalue weighted by molar-refractivity contribution is -0.118. The lowest BCUT2D eigenvalue weighted by Crippen LogP contribution is -2.26. The van der Waals surface area contributed by atoms with Crippen LogP contribution in [-0.4, -0.2) is 33.0 Å². The van der Waals surface area contributed by atoms with Crippen LogP contribution < -0.4 is 5.32 Å². The summed E-state index contributed by atoms with van der Waals surface area (Å²) in [4.78, 5) is 12.0. The van der Waals surface area contributed by atoms with Crippen molar-refractivity contribution in [3.8, 4) is 0 Å². The Morgan fingerprint density at radius 3 is 2.76 bits per heavy atom. The molecule has 1 heterocycles. The first-order chi connectivity index (χ1) is 12.3. The van der Waals surface area contributed by atoms with Gasteiger partial charge in [-0.3, -0.25) is 4.79 Å². The molecule has 6 heteroatoms. The molecule has 1 aliphatic carbocycles. The average molecular weight is 359 g/mol. The molecule has 0 spiro atoms. The van der Waals surface area contributed by atoms with Gasteiger partial charge in [0.25, 0.3) is 0 Å². The van der Waals surface area contributed by atoms with Crippen molar-refractivity contribution in [3.05, 3.63) is 41.7 Å². The molecule has 0 unspecified atom stereocenters. The fourth-order valence-electron chi connectivity index (χ4n) is 2.75. The summed E-state index contributed by atoms with van der Waals surface area (Å²) in [6, 6.07) is 10.4. The molecule has 25 heavy (non-hydrogen) atoms. The molecule has 1 aromatic heterocycles. The smallest absolute Gasteiger partial charge is 0.230 e. The minimum atomic E-state index is 0.0725. The normalized spacial score (nSPS) is 13.8. The molecule has 1 amide bonds. The van der Waals surface area contributed by atoms with E-state index in [-0.39, 0.29) is 5.91 Å². The largest absolute Gasteiger partial charge is 0.355 e. The molecule has 0 saturated heterocycles. The molecule has 1 aliphatic rings. The van der Waals surface area contributed by atoms with E-state index >= 15 is 0 Å². The van der Waals surface area contributed by atoms with Gasteiger partial charge in [-0.15, -0.1) is 10.2 Å². The van der Waals surface area contributed by atoms with Crippen molar-refractivity contribution in [1.82, 2.24) is 20.1 Å². The number of nitrogens with one attached hydrogen (secondary N) is 1.